The van der Waals surface area contributed by atoms with Crippen LogP contribution in [0, 0.1) is 6.92 Å². The molecule has 2 aromatic heterocycles. The third kappa shape index (κ3) is 3.02. The van der Waals surface area contributed by atoms with E-state index in [1.807, 2.05) is 15.6 Å². The maximum atomic E-state index is 5.87. The first kappa shape index (κ1) is 13.8. The molecule has 1 saturated heterocycles. The Morgan fingerprint density at radius 2 is 2.27 bits per heavy atom. The van der Waals surface area contributed by atoms with Gasteiger partial charge in [-0.15, -0.1) is 5.10 Å². The SMILES string of the molecule is Cc1cnn(C[C@@H]2CN(Cc3nnnn3C3CC3)CCO2)c1. The molecule has 118 valence electrons. The molecule has 0 unspecified atom stereocenters. The Kier molecular flexibility index (Phi) is 3.63. The van der Waals surface area contributed by atoms with Crippen LogP contribution in [0.1, 0.15) is 30.3 Å². The lowest BCUT2D eigenvalue weighted by molar-refractivity contribution is -0.0412. The number of hydrogen-bond donors (Lipinski definition) is 0. The van der Waals surface area contributed by atoms with Crippen LogP contribution in [-0.2, 0) is 17.8 Å². The molecule has 22 heavy (non-hydrogen) atoms. The highest BCUT2D eigenvalue weighted by atomic mass is 16.5. The van der Waals surface area contributed by atoms with Crippen LogP contribution in [0.5, 0.6) is 0 Å². The van der Waals surface area contributed by atoms with Crippen LogP contribution >= 0.6 is 0 Å². The molecule has 2 aromatic rings. The lowest BCUT2D eigenvalue weighted by Gasteiger charge is -2.32. The summed E-state index contributed by atoms with van der Waals surface area (Å²) in [5.74, 6) is 0.970. The van der Waals surface area contributed by atoms with Crippen LogP contribution in [0.25, 0.3) is 0 Å². The summed E-state index contributed by atoms with van der Waals surface area (Å²) in [7, 11) is 0. The van der Waals surface area contributed by atoms with Gasteiger partial charge < -0.3 is 4.74 Å². The Morgan fingerprint density at radius 1 is 1.36 bits per heavy atom. The van der Waals surface area contributed by atoms with Gasteiger partial charge >= 0.3 is 0 Å². The van der Waals surface area contributed by atoms with Crippen molar-refractivity contribution in [3.8, 4) is 0 Å². The minimum absolute atomic E-state index is 0.165. The Hall–Kier alpha value is -1.80. The molecule has 8 heteroatoms. The minimum Gasteiger partial charge on any atom is -0.374 e. The topological polar surface area (TPSA) is 73.9 Å². The molecule has 1 aliphatic heterocycles. The van der Waals surface area contributed by atoms with Gasteiger partial charge in [-0.1, -0.05) is 0 Å². The van der Waals surface area contributed by atoms with Gasteiger partial charge in [0.1, 0.15) is 0 Å². The summed E-state index contributed by atoms with van der Waals surface area (Å²) >= 11 is 0. The molecule has 1 aliphatic carbocycles. The van der Waals surface area contributed by atoms with Gasteiger partial charge in [-0.3, -0.25) is 9.58 Å². The van der Waals surface area contributed by atoms with Gasteiger partial charge in [0.2, 0.25) is 0 Å². The van der Waals surface area contributed by atoms with E-state index < -0.39 is 0 Å². The van der Waals surface area contributed by atoms with Crippen LogP contribution in [-0.4, -0.2) is 60.7 Å². The second-order valence-corrected chi connectivity index (χ2v) is 6.24. The molecule has 2 fully saturated rings. The van der Waals surface area contributed by atoms with E-state index in [9.17, 15) is 0 Å². The van der Waals surface area contributed by atoms with Gasteiger partial charge in [0.05, 0.1) is 38.0 Å². The van der Waals surface area contributed by atoms with Crippen molar-refractivity contribution in [1.82, 2.24) is 34.9 Å². The number of aromatic nitrogens is 6. The van der Waals surface area contributed by atoms with E-state index >= 15 is 0 Å². The van der Waals surface area contributed by atoms with Crippen LogP contribution < -0.4 is 0 Å². The highest BCUT2D eigenvalue weighted by Crippen LogP contribution is 2.34. The van der Waals surface area contributed by atoms with E-state index in [1.165, 1.54) is 18.4 Å². The van der Waals surface area contributed by atoms with Gasteiger partial charge in [0, 0.05) is 19.3 Å². The molecule has 2 aliphatic rings. The molecule has 0 radical (unpaired) electrons. The second kappa shape index (κ2) is 5.77. The molecule has 1 atom stereocenters. The fourth-order valence-corrected chi connectivity index (χ4v) is 2.93. The fourth-order valence-electron chi connectivity index (χ4n) is 2.93. The fraction of sp³-hybridized carbons (Fsp3) is 0.714. The number of hydrogen-bond acceptors (Lipinski definition) is 6. The Morgan fingerprint density at radius 3 is 3.05 bits per heavy atom. The maximum Gasteiger partial charge on any atom is 0.165 e. The van der Waals surface area contributed by atoms with E-state index in [4.69, 9.17) is 4.74 Å². The summed E-state index contributed by atoms with van der Waals surface area (Å²) in [5, 5.41) is 16.5. The van der Waals surface area contributed by atoms with E-state index in [1.54, 1.807) is 0 Å². The predicted molar refractivity (Wildman–Crippen MR) is 78.1 cm³/mol. The van der Waals surface area contributed by atoms with E-state index in [2.05, 4.69) is 38.6 Å². The molecule has 0 spiro atoms. The number of nitrogens with zero attached hydrogens (tertiary/aromatic N) is 7. The quantitative estimate of drug-likeness (QED) is 0.797. The summed E-state index contributed by atoms with van der Waals surface area (Å²) in [5.41, 5.74) is 1.18. The first-order valence-electron chi connectivity index (χ1n) is 7.87. The lowest BCUT2D eigenvalue weighted by Crippen LogP contribution is -2.44. The summed E-state index contributed by atoms with van der Waals surface area (Å²) in [4.78, 5) is 2.37. The first-order chi connectivity index (χ1) is 10.8. The van der Waals surface area contributed by atoms with Crippen molar-refractivity contribution >= 4 is 0 Å². The third-order valence-corrected chi connectivity index (χ3v) is 4.19. The van der Waals surface area contributed by atoms with Crippen LogP contribution in [0.3, 0.4) is 0 Å². The zero-order valence-electron chi connectivity index (χ0n) is 12.8. The monoisotopic (exact) mass is 303 g/mol. The van der Waals surface area contributed by atoms with E-state index in [-0.39, 0.29) is 6.10 Å². The highest BCUT2D eigenvalue weighted by Gasteiger charge is 2.29. The lowest BCUT2D eigenvalue weighted by atomic mass is 10.2. The summed E-state index contributed by atoms with van der Waals surface area (Å²) in [6.07, 6.45) is 6.49. The third-order valence-electron chi connectivity index (χ3n) is 4.19. The van der Waals surface area contributed by atoms with Crippen molar-refractivity contribution in [3.63, 3.8) is 0 Å². The molecular formula is C14H21N7O. The number of tetrazole rings is 1. The van der Waals surface area contributed by atoms with E-state index in [0.717, 1.165) is 38.6 Å². The van der Waals surface area contributed by atoms with Gasteiger partial charge in [-0.25, -0.2) is 4.68 Å². The van der Waals surface area contributed by atoms with Crippen molar-refractivity contribution in [3.05, 3.63) is 23.8 Å². The maximum absolute atomic E-state index is 5.87. The average molecular weight is 303 g/mol. The Bertz CT molecular complexity index is 633. The largest absolute Gasteiger partial charge is 0.374 e. The average Bonchev–Trinajstić information content (AvgIpc) is 3.12. The predicted octanol–water partition coefficient (Wildman–Crippen LogP) is 0.414. The molecule has 3 heterocycles. The molecule has 0 N–H and O–H groups in total. The van der Waals surface area contributed by atoms with E-state index in [0.29, 0.717) is 6.04 Å². The van der Waals surface area contributed by atoms with Gasteiger partial charge in [-0.2, -0.15) is 5.10 Å². The molecule has 8 nitrogen and oxygen atoms in total. The highest BCUT2D eigenvalue weighted by molar-refractivity contribution is 4.99. The van der Waals surface area contributed by atoms with Crippen LogP contribution in [0.4, 0.5) is 0 Å². The van der Waals surface area contributed by atoms with Crippen molar-refractivity contribution < 1.29 is 4.74 Å². The Labute approximate surface area is 129 Å². The number of rotatable bonds is 5. The minimum atomic E-state index is 0.165. The standard InChI is InChI=1S/C14H21N7O/c1-11-6-15-20(7-11)9-13-8-19(4-5-22-13)10-14-16-17-18-21(14)12-2-3-12/h6-7,12-13H,2-5,8-10H2,1H3/t13-/m0/s1. The zero-order chi connectivity index (χ0) is 14.9. The van der Waals surface area contributed by atoms with Crippen molar-refractivity contribution in [1.29, 1.82) is 0 Å². The summed E-state index contributed by atoms with van der Waals surface area (Å²) in [6.45, 7) is 6.19. The molecule has 0 amide bonds. The van der Waals surface area contributed by atoms with Gasteiger partial charge in [0.25, 0.3) is 0 Å². The summed E-state index contributed by atoms with van der Waals surface area (Å²) < 4.78 is 9.81. The molecule has 0 aromatic carbocycles. The normalized spacial score (nSPS) is 23.0. The van der Waals surface area contributed by atoms with Crippen molar-refractivity contribution in [2.75, 3.05) is 19.7 Å². The first-order valence-corrected chi connectivity index (χ1v) is 7.87. The Balaban J connectivity index is 1.37. The van der Waals surface area contributed by atoms with Crippen molar-refractivity contribution in [2.45, 2.75) is 45.0 Å². The molecule has 4 rings (SSSR count). The molecule has 0 bridgehead atoms. The molecular weight excluding hydrogens is 282 g/mol. The van der Waals surface area contributed by atoms with Crippen LogP contribution in [0.2, 0.25) is 0 Å². The smallest absolute Gasteiger partial charge is 0.165 e. The number of ether oxygens (including phenoxy) is 1. The van der Waals surface area contributed by atoms with Crippen molar-refractivity contribution in [2.24, 2.45) is 0 Å². The number of morpholine rings is 1. The van der Waals surface area contributed by atoms with Crippen LogP contribution in [0.15, 0.2) is 12.4 Å². The number of aryl methyl sites for hydroxylation is 1. The van der Waals surface area contributed by atoms with Gasteiger partial charge in [-0.05, 0) is 35.8 Å². The molecule has 1 saturated carbocycles. The zero-order valence-corrected chi connectivity index (χ0v) is 12.8. The summed E-state index contributed by atoms with van der Waals surface area (Å²) in [6, 6.07) is 0.522. The van der Waals surface area contributed by atoms with Gasteiger partial charge in [0.15, 0.2) is 5.82 Å². The second-order valence-electron chi connectivity index (χ2n) is 6.24.